The summed E-state index contributed by atoms with van der Waals surface area (Å²) in [6.07, 6.45) is 6.66. The molecule has 0 radical (unpaired) electrons. The van der Waals surface area contributed by atoms with Crippen molar-refractivity contribution in [1.29, 1.82) is 0 Å². The standard InChI is InChI=1S/C29H26N8O3/c1-40-23-5-2-18(3-6-23)19-4-7-24-25(12-19)37(34-28(24)33-26-15-30-10-11-31-26)20-8-9-32-27(14-20)35-16-22-13-21(35)17-36(22)29(38)39/h2-12,14-15,21-22H,13,16-17H2,1H3,(H,38,39)(H,31,33,34)/t21-,22-/m0/s1. The molecule has 2 aromatic carbocycles. The first kappa shape index (κ1) is 23.9. The van der Waals surface area contributed by atoms with Gasteiger partial charge in [0.15, 0.2) is 5.82 Å². The summed E-state index contributed by atoms with van der Waals surface area (Å²) in [5.41, 5.74) is 3.87. The van der Waals surface area contributed by atoms with E-state index in [0.717, 1.165) is 45.7 Å². The maximum Gasteiger partial charge on any atom is 0.407 e. The van der Waals surface area contributed by atoms with E-state index in [0.29, 0.717) is 24.7 Å². The van der Waals surface area contributed by atoms with Crippen LogP contribution in [0.25, 0.3) is 27.7 Å². The van der Waals surface area contributed by atoms with Crippen LogP contribution in [0.5, 0.6) is 5.75 Å². The Bertz CT molecular complexity index is 1710. The van der Waals surface area contributed by atoms with Crippen LogP contribution in [0.1, 0.15) is 6.42 Å². The van der Waals surface area contributed by atoms with Gasteiger partial charge < -0.3 is 25.0 Å². The molecular weight excluding hydrogens is 508 g/mol. The molecule has 0 saturated carbocycles. The Morgan fingerprint density at radius 1 is 0.975 bits per heavy atom. The molecule has 2 aliphatic heterocycles. The number of fused-ring (bicyclic) bond motifs is 3. The zero-order valence-electron chi connectivity index (χ0n) is 21.7. The molecule has 0 aliphatic carbocycles. The molecule has 11 heteroatoms. The van der Waals surface area contributed by atoms with Crippen LogP contribution in [0.4, 0.5) is 22.2 Å². The first-order valence-corrected chi connectivity index (χ1v) is 13.0. The lowest BCUT2D eigenvalue weighted by Crippen LogP contribution is -2.48. The molecule has 2 saturated heterocycles. The van der Waals surface area contributed by atoms with Crippen LogP contribution >= 0.6 is 0 Å². The van der Waals surface area contributed by atoms with Gasteiger partial charge in [-0.25, -0.2) is 19.4 Å². The van der Waals surface area contributed by atoms with Crippen molar-refractivity contribution in [3.63, 3.8) is 0 Å². The first-order chi connectivity index (χ1) is 19.6. The highest BCUT2D eigenvalue weighted by Gasteiger charge is 2.45. The highest BCUT2D eigenvalue weighted by atomic mass is 16.5. The predicted molar refractivity (Wildman–Crippen MR) is 150 cm³/mol. The minimum Gasteiger partial charge on any atom is -0.497 e. The van der Waals surface area contributed by atoms with E-state index in [1.54, 1.807) is 31.9 Å². The number of ether oxygens (including phenoxy) is 1. The summed E-state index contributed by atoms with van der Waals surface area (Å²) in [5.74, 6) is 2.87. The minimum atomic E-state index is -0.854. The molecule has 11 nitrogen and oxygen atoms in total. The summed E-state index contributed by atoms with van der Waals surface area (Å²) >= 11 is 0. The number of rotatable bonds is 6. The number of nitrogens with one attached hydrogen (secondary N) is 1. The van der Waals surface area contributed by atoms with Crippen molar-refractivity contribution in [3.05, 3.63) is 79.4 Å². The van der Waals surface area contributed by atoms with E-state index in [4.69, 9.17) is 9.84 Å². The monoisotopic (exact) mass is 534 g/mol. The SMILES string of the molecule is COc1ccc(-c2ccc3c(Nc4cnccn4)nn(-c4ccnc(N5C[C@@H]6C[C@H]5CN6C(=O)O)c4)c3c2)cc1. The number of likely N-dealkylation sites (tertiary alicyclic amines) is 1. The average molecular weight is 535 g/mol. The number of carbonyl (C=O) groups is 1. The summed E-state index contributed by atoms with van der Waals surface area (Å²) in [6, 6.07) is 18.3. The number of pyridine rings is 1. The quantitative estimate of drug-likeness (QED) is 0.323. The van der Waals surface area contributed by atoms with Crippen molar-refractivity contribution < 1.29 is 14.6 Å². The Morgan fingerprint density at radius 3 is 2.55 bits per heavy atom. The second-order valence-corrected chi connectivity index (χ2v) is 9.94. The number of nitrogens with zero attached hydrogens (tertiary/aromatic N) is 7. The Kier molecular flexibility index (Phi) is 5.69. The molecule has 3 aromatic heterocycles. The van der Waals surface area contributed by atoms with Gasteiger partial charge in [0.2, 0.25) is 0 Å². The number of methoxy groups -OCH3 is 1. The third-order valence-electron chi connectivity index (χ3n) is 7.67. The molecule has 2 bridgehead atoms. The maximum absolute atomic E-state index is 11.6. The van der Waals surface area contributed by atoms with Gasteiger partial charge in [0.1, 0.15) is 17.4 Å². The van der Waals surface area contributed by atoms with Gasteiger partial charge in [-0.15, -0.1) is 5.10 Å². The third kappa shape index (κ3) is 4.12. The van der Waals surface area contributed by atoms with Crippen LogP contribution < -0.4 is 15.0 Å². The number of anilines is 3. The van der Waals surface area contributed by atoms with Gasteiger partial charge in [0, 0.05) is 43.1 Å². The average Bonchev–Trinajstić information content (AvgIpc) is 3.71. The fourth-order valence-electron chi connectivity index (χ4n) is 5.73. The van der Waals surface area contributed by atoms with Gasteiger partial charge in [0.05, 0.1) is 36.6 Å². The number of benzene rings is 2. The van der Waals surface area contributed by atoms with Crippen molar-refractivity contribution in [3.8, 4) is 22.6 Å². The topological polar surface area (TPSA) is 122 Å². The zero-order valence-corrected chi connectivity index (χ0v) is 21.7. The van der Waals surface area contributed by atoms with Crippen molar-refractivity contribution in [2.45, 2.75) is 18.5 Å². The number of amides is 1. The van der Waals surface area contributed by atoms with E-state index >= 15 is 0 Å². The molecule has 7 rings (SSSR count). The molecular formula is C29H26N8O3. The fourth-order valence-corrected chi connectivity index (χ4v) is 5.73. The van der Waals surface area contributed by atoms with E-state index in [1.807, 2.05) is 41.1 Å². The van der Waals surface area contributed by atoms with E-state index in [-0.39, 0.29) is 12.1 Å². The molecule has 0 spiro atoms. The van der Waals surface area contributed by atoms with Crippen LogP contribution in [0.15, 0.2) is 79.4 Å². The smallest absolute Gasteiger partial charge is 0.407 e. The first-order valence-electron chi connectivity index (χ1n) is 13.0. The van der Waals surface area contributed by atoms with Gasteiger partial charge in [-0.2, -0.15) is 0 Å². The normalized spacial score (nSPS) is 17.9. The number of hydrogen-bond donors (Lipinski definition) is 2. The number of carboxylic acid groups (broad SMARTS) is 1. The lowest BCUT2D eigenvalue weighted by atomic mass is 10.0. The molecule has 200 valence electrons. The summed E-state index contributed by atoms with van der Waals surface area (Å²) in [5, 5.41) is 18.7. The van der Waals surface area contributed by atoms with Gasteiger partial charge in [0.25, 0.3) is 0 Å². The van der Waals surface area contributed by atoms with Crippen molar-refractivity contribution >= 4 is 34.4 Å². The molecule has 40 heavy (non-hydrogen) atoms. The van der Waals surface area contributed by atoms with Crippen LogP contribution in [-0.4, -0.2) is 73.1 Å². The van der Waals surface area contributed by atoms with Gasteiger partial charge in [-0.05, 0) is 47.9 Å². The third-order valence-corrected chi connectivity index (χ3v) is 7.67. The van der Waals surface area contributed by atoms with Crippen molar-refractivity contribution in [1.82, 2.24) is 29.6 Å². The lowest BCUT2D eigenvalue weighted by molar-refractivity contribution is 0.137. The molecule has 2 atom stereocenters. The fraction of sp³-hybridized carbons (Fsp3) is 0.207. The highest BCUT2D eigenvalue weighted by molar-refractivity contribution is 5.95. The predicted octanol–water partition coefficient (Wildman–Crippen LogP) is 4.57. The lowest BCUT2D eigenvalue weighted by Gasteiger charge is -2.33. The van der Waals surface area contributed by atoms with E-state index < -0.39 is 6.09 Å². The van der Waals surface area contributed by atoms with E-state index in [9.17, 15) is 9.90 Å². The molecule has 1 amide bonds. The van der Waals surface area contributed by atoms with Crippen LogP contribution in [-0.2, 0) is 0 Å². The van der Waals surface area contributed by atoms with E-state index in [2.05, 4.69) is 43.4 Å². The summed E-state index contributed by atoms with van der Waals surface area (Å²) in [7, 11) is 1.66. The summed E-state index contributed by atoms with van der Waals surface area (Å²) < 4.78 is 7.23. The molecule has 2 fully saturated rings. The van der Waals surface area contributed by atoms with Gasteiger partial charge in [-0.1, -0.05) is 18.2 Å². The van der Waals surface area contributed by atoms with Crippen LogP contribution in [0, 0.1) is 0 Å². The van der Waals surface area contributed by atoms with Crippen molar-refractivity contribution in [2.24, 2.45) is 0 Å². The van der Waals surface area contributed by atoms with Gasteiger partial charge in [-0.3, -0.25) is 4.98 Å². The molecule has 2 aliphatic rings. The molecule has 5 aromatic rings. The van der Waals surface area contributed by atoms with E-state index in [1.165, 1.54) is 4.90 Å². The Morgan fingerprint density at radius 2 is 1.82 bits per heavy atom. The highest BCUT2D eigenvalue weighted by Crippen LogP contribution is 2.36. The zero-order chi connectivity index (χ0) is 27.2. The Balaban J connectivity index is 1.29. The van der Waals surface area contributed by atoms with Crippen molar-refractivity contribution in [2.75, 3.05) is 30.4 Å². The second-order valence-electron chi connectivity index (χ2n) is 9.94. The largest absolute Gasteiger partial charge is 0.497 e. The number of hydrogen-bond acceptors (Lipinski definition) is 8. The maximum atomic E-state index is 11.6. The van der Waals surface area contributed by atoms with Crippen LogP contribution in [0.3, 0.4) is 0 Å². The Hall–Kier alpha value is -5.19. The van der Waals surface area contributed by atoms with Crippen LogP contribution in [0.2, 0.25) is 0 Å². The molecule has 5 heterocycles. The van der Waals surface area contributed by atoms with Gasteiger partial charge >= 0.3 is 6.09 Å². The number of aromatic nitrogens is 5. The second kappa shape index (κ2) is 9.53. The number of piperazine rings is 1. The molecule has 0 unspecified atom stereocenters. The Labute approximate surface area is 229 Å². The minimum absolute atomic E-state index is 0.00618. The molecule has 2 N–H and O–H groups in total. The summed E-state index contributed by atoms with van der Waals surface area (Å²) in [4.78, 5) is 28.5. The summed E-state index contributed by atoms with van der Waals surface area (Å²) in [6.45, 7) is 1.13.